The molecule has 2 fully saturated rings. The summed E-state index contributed by atoms with van der Waals surface area (Å²) in [6, 6.07) is 0. The van der Waals surface area contributed by atoms with Gasteiger partial charge in [-0.15, -0.1) is 0 Å². The Morgan fingerprint density at radius 1 is 1.25 bits per heavy atom. The molecule has 2 rings (SSSR count). The van der Waals surface area contributed by atoms with Gasteiger partial charge in [-0.2, -0.15) is 0 Å². The van der Waals surface area contributed by atoms with E-state index in [2.05, 4.69) is 0 Å². The topological polar surface area (TPSA) is 55.8 Å². The van der Waals surface area contributed by atoms with Crippen LogP contribution in [0.25, 0.3) is 0 Å². The molecule has 2 aliphatic rings. The molecule has 0 aromatic rings. The summed E-state index contributed by atoms with van der Waals surface area (Å²) >= 11 is 0. The standard InChI is InChI=1S/C15H25NO4/c1-5-19-12(17)6-11-7-15(8-11)9-16(10-15)13(18)20-14(2,3)4/h11H,5-10H2,1-4H3. The summed E-state index contributed by atoms with van der Waals surface area (Å²) in [6.07, 6.45) is 2.33. The molecule has 0 radical (unpaired) electrons. The van der Waals surface area contributed by atoms with E-state index in [1.165, 1.54) is 0 Å². The van der Waals surface area contributed by atoms with Crippen molar-refractivity contribution in [3.8, 4) is 0 Å². The molecule has 1 aliphatic carbocycles. The van der Waals surface area contributed by atoms with Crippen molar-refractivity contribution < 1.29 is 19.1 Å². The van der Waals surface area contributed by atoms with Gasteiger partial charge in [-0.05, 0) is 46.5 Å². The van der Waals surface area contributed by atoms with Crippen molar-refractivity contribution in [3.63, 3.8) is 0 Å². The van der Waals surface area contributed by atoms with Gasteiger partial charge in [0.2, 0.25) is 0 Å². The molecule has 114 valence electrons. The summed E-state index contributed by atoms with van der Waals surface area (Å²) in [7, 11) is 0. The maximum absolute atomic E-state index is 11.8. The number of ether oxygens (including phenoxy) is 2. The number of esters is 1. The average Bonchev–Trinajstić information content (AvgIpc) is 2.16. The van der Waals surface area contributed by atoms with Crippen molar-refractivity contribution in [1.82, 2.24) is 4.90 Å². The van der Waals surface area contributed by atoms with Gasteiger partial charge in [-0.3, -0.25) is 4.79 Å². The van der Waals surface area contributed by atoms with Crippen LogP contribution in [0.15, 0.2) is 0 Å². The predicted octanol–water partition coefficient (Wildman–Crippen LogP) is 2.59. The zero-order valence-electron chi connectivity index (χ0n) is 12.9. The smallest absolute Gasteiger partial charge is 0.410 e. The number of carbonyl (C=O) groups is 2. The van der Waals surface area contributed by atoms with Gasteiger partial charge < -0.3 is 14.4 Å². The van der Waals surface area contributed by atoms with Crippen LogP contribution in [0.5, 0.6) is 0 Å². The number of carbonyl (C=O) groups excluding carboxylic acids is 2. The first kappa shape index (κ1) is 15.1. The van der Waals surface area contributed by atoms with E-state index in [1.54, 1.807) is 4.90 Å². The van der Waals surface area contributed by atoms with Crippen LogP contribution in [-0.4, -0.2) is 42.3 Å². The van der Waals surface area contributed by atoms with Crippen LogP contribution in [0, 0.1) is 11.3 Å². The lowest BCUT2D eigenvalue weighted by Gasteiger charge is -2.58. The molecule has 0 bridgehead atoms. The second kappa shape index (κ2) is 5.26. The highest BCUT2D eigenvalue weighted by molar-refractivity contribution is 5.71. The van der Waals surface area contributed by atoms with Crippen molar-refractivity contribution in [2.45, 2.75) is 52.6 Å². The monoisotopic (exact) mass is 283 g/mol. The summed E-state index contributed by atoms with van der Waals surface area (Å²) in [5.74, 6) is 0.325. The highest BCUT2D eigenvalue weighted by Crippen LogP contribution is 2.53. The molecule has 1 aliphatic heterocycles. The fourth-order valence-electron chi connectivity index (χ4n) is 3.24. The fourth-order valence-corrected chi connectivity index (χ4v) is 3.24. The molecule has 0 atom stereocenters. The minimum atomic E-state index is -0.439. The Balaban J connectivity index is 1.68. The molecule has 1 heterocycles. The Labute approximate surface area is 120 Å². The van der Waals surface area contributed by atoms with E-state index in [1.807, 2.05) is 27.7 Å². The Bertz CT molecular complexity index is 385. The van der Waals surface area contributed by atoms with E-state index < -0.39 is 5.60 Å². The normalized spacial score (nSPS) is 21.1. The highest BCUT2D eigenvalue weighted by Gasteiger charge is 2.54. The number of nitrogens with zero attached hydrogens (tertiary/aromatic N) is 1. The number of rotatable bonds is 3. The molecule has 0 unspecified atom stereocenters. The van der Waals surface area contributed by atoms with E-state index in [-0.39, 0.29) is 17.5 Å². The Morgan fingerprint density at radius 3 is 2.35 bits per heavy atom. The second-order valence-electron chi connectivity index (χ2n) is 7.12. The van der Waals surface area contributed by atoms with Crippen LogP contribution >= 0.6 is 0 Å². The third-order valence-corrected chi connectivity index (χ3v) is 3.91. The van der Waals surface area contributed by atoms with Gasteiger partial charge in [0.25, 0.3) is 0 Å². The summed E-state index contributed by atoms with van der Waals surface area (Å²) in [5.41, 5.74) is -0.194. The Hall–Kier alpha value is -1.26. The van der Waals surface area contributed by atoms with E-state index in [0.717, 1.165) is 25.9 Å². The van der Waals surface area contributed by atoms with E-state index in [4.69, 9.17) is 9.47 Å². The van der Waals surface area contributed by atoms with Crippen LogP contribution < -0.4 is 0 Å². The van der Waals surface area contributed by atoms with Gasteiger partial charge in [0, 0.05) is 24.9 Å². The maximum Gasteiger partial charge on any atom is 0.410 e. The van der Waals surface area contributed by atoms with Gasteiger partial charge >= 0.3 is 12.1 Å². The van der Waals surface area contributed by atoms with Crippen LogP contribution in [0.4, 0.5) is 4.79 Å². The van der Waals surface area contributed by atoms with E-state index in [9.17, 15) is 9.59 Å². The molecule has 0 aromatic carbocycles. The molecule has 1 saturated carbocycles. The van der Waals surface area contributed by atoms with Crippen molar-refractivity contribution >= 4 is 12.1 Å². The van der Waals surface area contributed by atoms with Gasteiger partial charge in [0.15, 0.2) is 0 Å². The zero-order valence-corrected chi connectivity index (χ0v) is 12.9. The lowest BCUT2D eigenvalue weighted by molar-refractivity contribution is -0.149. The third kappa shape index (κ3) is 3.44. The molecule has 5 nitrogen and oxygen atoms in total. The van der Waals surface area contributed by atoms with Gasteiger partial charge in [-0.25, -0.2) is 4.79 Å². The SMILES string of the molecule is CCOC(=O)CC1CC2(C1)CN(C(=O)OC(C)(C)C)C2. The first-order valence-electron chi connectivity index (χ1n) is 7.36. The van der Waals surface area contributed by atoms with E-state index >= 15 is 0 Å². The van der Waals surface area contributed by atoms with Crippen molar-refractivity contribution in [3.05, 3.63) is 0 Å². The molecule has 0 aromatic heterocycles. The van der Waals surface area contributed by atoms with Gasteiger partial charge in [-0.1, -0.05) is 0 Å². The average molecular weight is 283 g/mol. The Morgan fingerprint density at radius 2 is 1.85 bits per heavy atom. The van der Waals surface area contributed by atoms with Crippen LogP contribution in [0.1, 0.15) is 47.0 Å². The van der Waals surface area contributed by atoms with Crippen LogP contribution in [0.2, 0.25) is 0 Å². The second-order valence-corrected chi connectivity index (χ2v) is 7.12. The number of hydrogen-bond acceptors (Lipinski definition) is 4. The summed E-state index contributed by atoms with van der Waals surface area (Å²) in [6.45, 7) is 9.42. The minimum Gasteiger partial charge on any atom is -0.466 e. The maximum atomic E-state index is 11.8. The molecular weight excluding hydrogens is 258 g/mol. The van der Waals surface area contributed by atoms with Crippen LogP contribution in [-0.2, 0) is 14.3 Å². The van der Waals surface area contributed by atoms with Gasteiger partial charge in [0.05, 0.1) is 6.61 Å². The summed E-state index contributed by atoms with van der Waals surface area (Å²) < 4.78 is 10.3. The first-order chi connectivity index (χ1) is 9.23. The largest absolute Gasteiger partial charge is 0.466 e. The lowest BCUT2D eigenvalue weighted by atomic mass is 9.57. The molecule has 0 N–H and O–H groups in total. The quantitative estimate of drug-likeness (QED) is 0.747. The fraction of sp³-hybridized carbons (Fsp3) is 0.867. The molecule has 1 amide bonds. The molecule has 1 saturated heterocycles. The predicted molar refractivity (Wildman–Crippen MR) is 74.2 cm³/mol. The zero-order chi connectivity index (χ0) is 15.0. The number of amides is 1. The molecular formula is C15H25NO4. The minimum absolute atomic E-state index is 0.101. The number of likely N-dealkylation sites (tertiary alicyclic amines) is 1. The van der Waals surface area contributed by atoms with Crippen molar-refractivity contribution in [2.24, 2.45) is 11.3 Å². The Kier molecular flexibility index (Phi) is 3.98. The first-order valence-corrected chi connectivity index (χ1v) is 7.36. The number of hydrogen-bond donors (Lipinski definition) is 0. The van der Waals surface area contributed by atoms with E-state index in [0.29, 0.717) is 18.9 Å². The van der Waals surface area contributed by atoms with Gasteiger partial charge in [0.1, 0.15) is 5.60 Å². The lowest BCUT2D eigenvalue weighted by Crippen LogP contribution is -2.64. The molecule has 5 heteroatoms. The molecule has 1 spiro atoms. The summed E-state index contributed by atoms with van der Waals surface area (Å²) in [5, 5.41) is 0. The van der Waals surface area contributed by atoms with Crippen molar-refractivity contribution in [1.29, 1.82) is 0 Å². The third-order valence-electron chi connectivity index (χ3n) is 3.91. The molecule has 20 heavy (non-hydrogen) atoms. The van der Waals surface area contributed by atoms with Crippen LogP contribution in [0.3, 0.4) is 0 Å². The highest BCUT2D eigenvalue weighted by atomic mass is 16.6. The van der Waals surface area contributed by atoms with Crippen molar-refractivity contribution in [2.75, 3.05) is 19.7 Å². The summed E-state index contributed by atoms with van der Waals surface area (Å²) in [4.78, 5) is 25.0.